The van der Waals surface area contributed by atoms with Gasteiger partial charge in [0.1, 0.15) is 6.10 Å². The average molecular weight is 292 g/mol. The minimum atomic E-state index is -0.250. The molecule has 1 aromatic heterocycles. The van der Waals surface area contributed by atoms with Crippen molar-refractivity contribution in [2.24, 2.45) is 7.05 Å². The van der Waals surface area contributed by atoms with E-state index < -0.39 is 0 Å². The first-order chi connectivity index (χ1) is 10.0. The molecule has 3 rings (SSSR count). The molecule has 0 N–H and O–H groups in total. The molecule has 3 heterocycles. The highest BCUT2D eigenvalue weighted by Crippen LogP contribution is 2.32. The molecule has 2 saturated heterocycles. The van der Waals surface area contributed by atoms with Crippen molar-refractivity contribution >= 4 is 5.91 Å². The maximum Gasteiger partial charge on any atom is 0.251 e. The Morgan fingerprint density at radius 1 is 1.43 bits per heavy atom. The van der Waals surface area contributed by atoms with Crippen molar-refractivity contribution < 1.29 is 9.53 Å². The second-order valence-electron chi connectivity index (χ2n) is 6.32. The molecule has 0 bridgehead atoms. The Morgan fingerprint density at radius 3 is 2.90 bits per heavy atom. The van der Waals surface area contributed by atoms with Gasteiger partial charge in [-0.25, -0.2) is 0 Å². The van der Waals surface area contributed by atoms with Gasteiger partial charge in [-0.2, -0.15) is 5.10 Å². The molecule has 6 nitrogen and oxygen atoms in total. The molecule has 116 valence electrons. The summed E-state index contributed by atoms with van der Waals surface area (Å²) in [4.78, 5) is 16.1. The summed E-state index contributed by atoms with van der Waals surface area (Å²) in [5.74, 6) is 0.0964. The van der Waals surface area contributed by atoms with E-state index in [1.54, 1.807) is 19.0 Å². The van der Waals surface area contributed by atoms with E-state index in [4.69, 9.17) is 4.74 Å². The Bertz CT molecular complexity index is 514. The molecule has 2 aliphatic heterocycles. The summed E-state index contributed by atoms with van der Waals surface area (Å²) >= 11 is 0. The van der Waals surface area contributed by atoms with Crippen LogP contribution in [0.1, 0.15) is 24.8 Å². The van der Waals surface area contributed by atoms with Crippen LogP contribution < -0.4 is 0 Å². The number of likely N-dealkylation sites (N-methyl/N-ethyl adjacent to an activating group) is 1. The fourth-order valence-electron chi connectivity index (χ4n) is 3.47. The monoisotopic (exact) mass is 292 g/mol. The van der Waals surface area contributed by atoms with Crippen LogP contribution in [-0.2, 0) is 23.1 Å². The van der Waals surface area contributed by atoms with Crippen LogP contribution in [0.3, 0.4) is 0 Å². The zero-order valence-electron chi connectivity index (χ0n) is 13.0. The van der Waals surface area contributed by atoms with Gasteiger partial charge in [0.25, 0.3) is 5.91 Å². The highest BCUT2D eigenvalue weighted by Gasteiger charge is 2.41. The minimum absolute atomic E-state index is 0.0964. The van der Waals surface area contributed by atoms with E-state index in [-0.39, 0.29) is 18.1 Å². The number of nitrogens with zero attached hydrogens (tertiary/aromatic N) is 4. The van der Waals surface area contributed by atoms with Crippen molar-refractivity contribution in [1.29, 1.82) is 0 Å². The lowest BCUT2D eigenvalue weighted by Gasteiger charge is -2.36. The first kappa shape index (κ1) is 14.5. The van der Waals surface area contributed by atoms with Gasteiger partial charge in [-0.05, 0) is 19.3 Å². The molecule has 21 heavy (non-hydrogen) atoms. The lowest BCUT2D eigenvalue weighted by molar-refractivity contribution is -0.152. The van der Waals surface area contributed by atoms with Gasteiger partial charge in [0.2, 0.25) is 0 Å². The van der Waals surface area contributed by atoms with Crippen LogP contribution in [0.2, 0.25) is 0 Å². The summed E-state index contributed by atoms with van der Waals surface area (Å²) in [6.45, 7) is 1.96. The minimum Gasteiger partial charge on any atom is -0.363 e. The number of carbonyl (C=O) groups excluding carboxylic acids is 1. The number of hydrogen-bond acceptors (Lipinski definition) is 4. The first-order valence-electron chi connectivity index (χ1n) is 7.63. The number of rotatable bonds is 3. The standard InChI is InChI=1S/C15H24N4O2/c1-17(2)15(20)14-5-4-12-13(21-14)6-7-19(12)10-11-8-16-18(3)9-11/h8-9,12-14H,4-7,10H2,1-3H3/t12-,13-,14+/m1/s1. The molecule has 2 aliphatic rings. The van der Waals surface area contributed by atoms with Crippen molar-refractivity contribution in [3.63, 3.8) is 0 Å². The van der Waals surface area contributed by atoms with Gasteiger partial charge in [0.05, 0.1) is 12.3 Å². The molecule has 0 unspecified atom stereocenters. The number of aryl methyl sites for hydroxylation is 1. The number of amides is 1. The molecular weight excluding hydrogens is 268 g/mol. The maximum atomic E-state index is 12.0. The van der Waals surface area contributed by atoms with Gasteiger partial charge in [-0.3, -0.25) is 14.4 Å². The van der Waals surface area contributed by atoms with Gasteiger partial charge in [-0.1, -0.05) is 0 Å². The van der Waals surface area contributed by atoms with E-state index >= 15 is 0 Å². The van der Waals surface area contributed by atoms with Crippen molar-refractivity contribution in [2.45, 2.75) is 44.1 Å². The Kier molecular flexibility index (Phi) is 3.99. The zero-order chi connectivity index (χ0) is 15.0. The summed E-state index contributed by atoms with van der Waals surface area (Å²) in [5.41, 5.74) is 1.24. The van der Waals surface area contributed by atoms with Crippen molar-refractivity contribution in [1.82, 2.24) is 19.6 Å². The molecule has 0 spiro atoms. The van der Waals surface area contributed by atoms with Crippen LogP contribution in [0.4, 0.5) is 0 Å². The second kappa shape index (κ2) is 5.77. The molecule has 1 aromatic rings. The van der Waals surface area contributed by atoms with E-state index in [0.29, 0.717) is 6.04 Å². The van der Waals surface area contributed by atoms with Gasteiger partial charge in [0, 0.05) is 52.0 Å². The quantitative estimate of drug-likeness (QED) is 0.820. The predicted octanol–water partition coefficient (Wildman–Crippen LogP) is 0.630. The summed E-state index contributed by atoms with van der Waals surface area (Å²) in [7, 11) is 5.53. The van der Waals surface area contributed by atoms with Gasteiger partial charge in [-0.15, -0.1) is 0 Å². The van der Waals surface area contributed by atoms with Crippen molar-refractivity contribution in [3.8, 4) is 0 Å². The molecule has 2 fully saturated rings. The summed E-state index contributed by atoms with van der Waals surface area (Å²) in [6, 6.07) is 0.441. The molecule has 0 radical (unpaired) electrons. The number of hydrogen-bond donors (Lipinski definition) is 0. The number of fused-ring (bicyclic) bond motifs is 1. The average Bonchev–Trinajstić information content (AvgIpc) is 3.05. The number of ether oxygens (including phenoxy) is 1. The number of carbonyl (C=O) groups is 1. The van der Waals surface area contributed by atoms with E-state index in [9.17, 15) is 4.79 Å². The largest absolute Gasteiger partial charge is 0.363 e. The second-order valence-corrected chi connectivity index (χ2v) is 6.32. The first-order valence-corrected chi connectivity index (χ1v) is 7.63. The molecule has 1 amide bonds. The summed E-state index contributed by atoms with van der Waals surface area (Å²) in [5, 5.41) is 4.23. The van der Waals surface area contributed by atoms with E-state index in [0.717, 1.165) is 32.4 Å². The molecule has 0 aromatic carbocycles. The topological polar surface area (TPSA) is 50.6 Å². The summed E-state index contributed by atoms with van der Waals surface area (Å²) < 4.78 is 7.89. The Labute approximate surface area is 125 Å². The van der Waals surface area contributed by atoms with Crippen LogP contribution >= 0.6 is 0 Å². The molecule has 0 saturated carbocycles. The van der Waals surface area contributed by atoms with Crippen LogP contribution in [0.25, 0.3) is 0 Å². The Morgan fingerprint density at radius 2 is 2.24 bits per heavy atom. The smallest absolute Gasteiger partial charge is 0.251 e. The van der Waals surface area contributed by atoms with Gasteiger partial charge >= 0.3 is 0 Å². The maximum absolute atomic E-state index is 12.0. The number of aromatic nitrogens is 2. The third kappa shape index (κ3) is 2.96. The van der Waals surface area contributed by atoms with Crippen LogP contribution in [0, 0.1) is 0 Å². The lowest BCUT2D eigenvalue weighted by atomic mass is 9.98. The zero-order valence-corrected chi connectivity index (χ0v) is 13.0. The SMILES string of the molecule is CN(C)C(=O)[C@@H]1CC[C@@H]2[C@@H](CCN2Cc2cnn(C)c2)O1. The lowest BCUT2D eigenvalue weighted by Crippen LogP contribution is -2.47. The highest BCUT2D eigenvalue weighted by molar-refractivity contribution is 5.80. The summed E-state index contributed by atoms with van der Waals surface area (Å²) in [6.07, 6.45) is 6.81. The fraction of sp³-hybridized carbons (Fsp3) is 0.733. The third-order valence-corrected chi connectivity index (χ3v) is 4.52. The molecule has 0 aliphatic carbocycles. The van der Waals surface area contributed by atoms with Crippen LogP contribution in [0.5, 0.6) is 0 Å². The normalized spacial score (nSPS) is 29.4. The Balaban J connectivity index is 1.60. The highest BCUT2D eigenvalue weighted by atomic mass is 16.5. The Hall–Kier alpha value is -1.40. The van der Waals surface area contributed by atoms with E-state index in [1.165, 1.54) is 5.56 Å². The van der Waals surface area contributed by atoms with Gasteiger partial charge in [0.15, 0.2) is 0 Å². The van der Waals surface area contributed by atoms with Crippen LogP contribution in [-0.4, -0.2) is 64.4 Å². The number of likely N-dealkylation sites (tertiary alicyclic amines) is 1. The van der Waals surface area contributed by atoms with Crippen molar-refractivity contribution in [2.75, 3.05) is 20.6 Å². The third-order valence-electron chi connectivity index (χ3n) is 4.52. The molecule has 3 atom stereocenters. The van der Waals surface area contributed by atoms with Crippen LogP contribution in [0.15, 0.2) is 12.4 Å². The van der Waals surface area contributed by atoms with Gasteiger partial charge < -0.3 is 9.64 Å². The van der Waals surface area contributed by atoms with E-state index in [2.05, 4.69) is 16.2 Å². The van der Waals surface area contributed by atoms with E-state index in [1.807, 2.05) is 17.9 Å². The predicted molar refractivity (Wildman–Crippen MR) is 78.6 cm³/mol. The van der Waals surface area contributed by atoms with Crippen molar-refractivity contribution in [3.05, 3.63) is 18.0 Å². The molecular formula is C15H24N4O2. The molecule has 6 heteroatoms. The fourth-order valence-corrected chi connectivity index (χ4v) is 3.47.